The van der Waals surface area contributed by atoms with Crippen LogP contribution in [0.2, 0.25) is 0 Å². The molecule has 7 nitrogen and oxygen atoms in total. The van der Waals surface area contributed by atoms with Gasteiger partial charge in [-0.15, -0.1) is 5.10 Å². The van der Waals surface area contributed by atoms with Crippen molar-refractivity contribution in [2.45, 2.75) is 6.42 Å². The van der Waals surface area contributed by atoms with Crippen LogP contribution in [0, 0.1) is 0 Å². The Balaban J connectivity index is 1.73. The van der Waals surface area contributed by atoms with Crippen LogP contribution in [0.3, 0.4) is 0 Å². The van der Waals surface area contributed by atoms with Gasteiger partial charge in [0, 0.05) is 6.42 Å². The normalized spacial score (nSPS) is 11.8. The number of nitrogens with zero attached hydrogens (tertiary/aromatic N) is 3. The highest BCUT2D eigenvalue weighted by molar-refractivity contribution is 7.15. The van der Waals surface area contributed by atoms with Crippen molar-refractivity contribution in [1.82, 2.24) is 14.6 Å². The number of hydrogen-bond acceptors (Lipinski definition) is 7. The Bertz CT molecular complexity index is 1240. The maximum atomic E-state index is 12.8. The topological polar surface area (TPSA) is 75.0 Å². The summed E-state index contributed by atoms with van der Waals surface area (Å²) in [4.78, 5) is 17.9. The molecule has 2 aromatic heterocycles. The van der Waals surface area contributed by atoms with E-state index in [1.54, 1.807) is 39.5 Å². The molecule has 0 atom stereocenters. The van der Waals surface area contributed by atoms with Gasteiger partial charge in [0.2, 0.25) is 10.7 Å². The molecule has 4 rings (SSSR count). The van der Waals surface area contributed by atoms with Gasteiger partial charge in [0.1, 0.15) is 0 Å². The Kier molecular flexibility index (Phi) is 5.18. The summed E-state index contributed by atoms with van der Waals surface area (Å²) in [6.45, 7) is 0. The number of ether oxygens (including phenoxy) is 3. The fourth-order valence-electron chi connectivity index (χ4n) is 3.06. The average molecular weight is 409 g/mol. The highest BCUT2D eigenvalue weighted by atomic mass is 32.1. The third-order valence-corrected chi connectivity index (χ3v) is 5.37. The van der Waals surface area contributed by atoms with E-state index in [9.17, 15) is 4.79 Å². The highest BCUT2D eigenvalue weighted by Gasteiger charge is 2.14. The lowest BCUT2D eigenvalue weighted by atomic mass is 10.1. The zero-order chi connectivity index (χ0) is 20.4. The van der Waals surface area contributed by atoms with Crippen molar-refractivity contribution in [3.05, 3.63) is 74.3 Å². The molecule has 0 aliphatic heterocycles. The summed E-state index contributed by atoms with van der Waals surface area (Å²) in [7, 11) is 4.65. The number of hydrogen-bond donors (Lipinski definition) is 0. The Hall–Kier alpha value is -3.39. The molecule has 4 aromatic rings. The summed E-state index contributed by atoms with van der Waals surface area (Å²) in [5, 5.41) is 4.38. The summed E-state index contributed by atoms with van der Waals surface area (Å²) in [5.74, 6) is 2.17. The molecule has 0 N–H and O–H groups in total. The molecular formula is C21H19N3O4S. The van der Waals surface area contributed by atoms with Crippen molar-refractivity contribution in [3.8, 4) is 17.2 Å². The van der Waals surface area contributed by atoms with Crippen molar-refractivity contribution in [3.63, 3.8) is 0 Å². The smallest absolute Gasteiger partial charge is 0.291 e. The van der Waals surface area contributed by atoms with Crippen LogP contribution in [0.25, 0.3) is 11.0 Å². The molecule has 2 aromatic carbocycles. The molecule has 0 aliphatic rings. The molecule has 0 spiro atoms. The van der Waals surface area contributed by atoms with Gasteiger partial charge in [-0.05, 0) is 29.3 Å². The van der Waals surface area contributed by atoms with E-state index in [0.29, 0.717) is 39.0 Å². The SMILES string of the molecule is COc1cc(/C=c2\sc3nc(Cc4ccccc4)nn3c2=O)cc(OC)c1OC. The van der Waals surface area contributed by atoms with Crippen LogP contribution in [0.1, 0.15) is 17.0 Å². The van der Waals surface area contributed by atoms with Crippen molar-refractivity contribution >= 4 is 22.4 Å². The Morgan fingerprint density at radius 2 is 1.72 bits per heavy atom. The van der Waals surface area contributed by atoms with Crippen LogP contribution in [-0.4, -0.2) is 35.9 Å². The molecule has 148 valence electrons. The van der Waals surface area contributed by atoms with Crippen LogP contribution in [0.5, 0.6) is 17.2 Å². The first-order valence-corrected chi connectivity index (χ1v) is 9.68. The van der Waals surface area contributed by atoms with Crippen LogP contribution < -0.4 is 24.3 Å². The molecule has 29 heavy (non-hydrogen) atoms. The van der Waals surface area contributed by atoms with E-state index < -0.39 is 0 Å². The molecule has 0 radical (unpaired) electrons. The first kappa shape index (κ1) is 18.9. The molecule has 2 heterocycles. The van der Waals surface area contributed by atoms with Crippen LogP contribution in [-0.2, 0) is 6.42 Å². The van der Waals surface area contributed by atoms with E-state index in [-0.39, 0.29) is 5.56 Å². The Morgan fingerprint density at radius 1 is 1.03 bits per heavy atom. The third kappa shape index (κ3) is 3.66. The number of aromatic nitrogens is 3. The Labute approximate surface area is 170 Å². The van der Waals surface area contributed by atoms with E-state index in [0.717, 1.165) is 11.1 Å². The lowest BCUT2D eigenvalue weighted by Gasteiger charge is -2.12. The summed E-state index contributed by atoms with van der Waals surface area (Å²) in [5.41, 5.74) is 1.65. The van der Waals surface area contributed by atoms with Gasteiger partial charge < -0.3 is 14.2 Å². The van der Waals surface area contributed by atoms with Crippen LogP contribution in [0.15, 0.2) is 47.3 Å². The molecule has 0 fully saturated rings. The molecule has 0 bridgehead atoms. The van der Waals surface area contributed by atoms with Crippen LogP contribution in [0.4, 0.5) is 0 Å². The minimum atomic E-state index is -0.203. The summed E-state index contributed by atoms with van der Waals surface area (Å²) in [6.07, 6.45) is 2.35. The van der Waals surface area contributed by atoms with E-state index >= 15 is 0 Å². The lowest BCUT2D eigenvalue weighted by molar-refractivity contribution is 0.324. The molecule has 0 saturated heterocycles. The second kappa shape index (κ2) is 7.92. The number of rotatable bonds is 6. The van der Waals surface area contributed by atoms with Crippen LogP contribution >= 0.6 is 11.3 Å². The van der Waals surface area contributed by atoms with Gasteiger partial charge in [-0.1, -0.05) is 41.7 Å². The lowest BCUT2D eigenvalue weighted by Crippen LogP contribution is -2.23. The minimum absolute atomic E-state index is 0.203. The second-order valence-electron chi connectivity index (χ2n) is 6.26. The molecule has 0 unspecified atom stereocenters. The first-order valence-electron chi connectivity index (χ1n) is 8.87. The fraction of sp³-hybridized carbons (Fsp3) is 0.190. The van der Waals surface area contributed by atoms with E-state index in [4.69, 9.17) is 14.2 Å². The van der Waals surface area contributed by atoms with Crippen molar-refractivity contribution in [1.29, 1.82) is 0 Å². The van der Waals surface area contributed by atoms with Crippen molar-refractivity contribution < 1.29 is 14.2 Å². The Morgan fingerprint density at radius 3 is 2.31 bits per heavy atom. The van der Waals surface area contributed by atoms with Crippen molar-refractivity contribution in [2.24, 2.45) is 0 Å². The molecule has 0 amide bonds. The van der Waals surface area contributed by atoms with Gasteiger partial charge in [0.15, 0.2) is 17.3 Å². The summed E-state index contributed by atoms with van der Waals surface area (Å²) < 4.78 is 18.0. The molecule has 0 saturated carbocycles. The van der Waals surface area contributed by atoms with Gasteiger partial charge >= 0.3 is 0 Å². The van der Waals surface area contributed by atoms with Gasteiger partial charge in [0.05, 0.1) is 25.9 Å². The first-order chi connectivity index (χ1) is 14.1. The number of methoxy groups -OCH3 is 3. The summed E-state index contributed by atoms with van der Waals surface area (Å²) in [6, 6.07) is 13.5. The zero-order valence-electron chi connectivity index (χ0n) is 16.2. The van der Waals surface area contributed by atoms with E-state index in [1.165, 1.54) is 15.9 Å². The zero-order valence-corrected chi connectivity index (χ0v) is 17.0. The minimum Gasteiger partial charge on any atom is -0.493 e. The molecule has 0 aliphatic carbocycles. The maximum absolute atomic E-state index is 12.8. The third-order valence-electron chi connectivity index (χ3n) is 4.42. The molecular weight excluding hydrogens is 390 g/mol. The van der Waals surface area contributed by atoms with Gasteiger partial charge in [-0.2, -0.15) is 4.52 Å². The standard InChI is InChI=1S/C21H19N3O4S/c1-26-15-9-14(10-16(27-2)19(15)28-3)11-17-20(25)24-21(29-17)22-18(23-24)12-13-7-5-4-6-8-13/h4-11H,12H2,1-3H3/b17-11-. The van der Waals surface area contributed by atoms with Gasteiger partial charge in [-0.3, -0.25) is 4.79 Å². The predicted octanol–water partition coefficient (Wildman–Crippen LogP) is 2.32. The maximum Gasteiger partial charge on any atom is 0.291 e. The van der Waals surface area contributed by atoms with E-state index in [2.05, 4.69) is 10.1 Å². The monoisotopic (exact) mass is 409 g/mol. The second-order valence-corrected chi connectivity index (χ2v) is 7.27. The molecule has 8 heteroatoms. The largest absolute Gasteiger partial charge is 0.493 e. The fourth-order valence-corrected chi connectivity index (χ4v) is 3.99. The average Bonchev–Trinajstić information content (AvgIpc) is 3.26. The number of benzene rings is 2. The number of fused-ring (bicyclic) bond motifs is 1. The van der Waals surface area contributed by atoms with Crippen molar-refractivity contribution in [2.75, 3.05) is 21.3 Å². The quantitative estimate of drug-likeness (QED) is 0.487. The van der Waals surface area contributed by atoms with Gasteiger partial charge in [0.25, 0.3) is 5.56 Å². The summed E-state index contributed by atoms with van der Waals surface area (Å²) >= 11 is 1.30. The van der Waals surface area contributed by atoms with Gasteiger partial charge in [-0.25, -0.2) is 4.98 Å². The van der Waals surface area contributed by atoms with E-state index in [1.807, 2.05) is 30.3 Å². The highest BCUT2D eigenvalue weighted by Crippen LogP contribution is 2.38. The number of thiazole rings is 1. The predicted molar refractivity (Wildman–Crippen MR) is 111 cm³/mol.